The number of aromatic nitrogens is 1. The lowest BCUT2D eigenvalue weighted by molar-refractivity contribution is -0.642. The third-order valence-corrected chi connectivity index (χ3v) is 4.39. The normalized spacial score (nSPS) is 11.8. The minimum Gasteiger partial charge on any atom is -0.185 e. The first-order chi connectivity index (χ1) is 9.84. The number of aryl methyl sites for hydroxylation is 1. The fourth-order valence-electron chi connectivity index (χ4n) is 2.13. The summed E-state index contributed by atoms with van der Waals surface area (Å²) in [4.78, 5) is 0. The van der Waals surface area contributed by atoms with Crippen LogP contribution in [-0.2, 0) is 7.05 Å². The minimum absolute atomic E-state index is 1.22. The molecule has 0 saturated heterocycles. The Bertz CT molecular complexity index is 766. The molecule has 0 unspecified atom stereocenters. The van der Waals surface area contributed by atoms with Gasteiger partial charge in [-0.15, -0.1) is 0 Å². The van der Waals surface area contributed by atoms with Crippen LogP contribution in [0.15, 0.2) is 66.7 Å². The molecular formula is C18H16NS+. The van der Waals surface area contributed by atoms with Crippen molar-refractivity contribution in [2.45, 2.75) is 0 Å². The third kappa shape index (κ3) is 2.70. The Labute approximate surface area is 123 Å². The van der Waals surface area contributed by atoms with Crippen molar-refractivity contribution in [1.82, 2.24) is 0 Å². The SMILES string of the molecule is C[n+]1c(C=CC=Cc2ccccc2)sc2ccccc21. The molecule has 0 radical (unpaired) electrons. The van der Waals surface area contributed by atoms with Crippen molar-refractivity contribution in [2.75, 3.05) is 0 Å². The number of thiazole rings is 1. The molecule has 2 aromatic carbocycles. The number of allylic oxidation sites excluding steroid dienone is 2. The second-order valence-electron chi connectivity index (χ2n) is 4.60. The monoisotopic (exact) mass is 278 g/mol. The van der Waals surface area contributed by atoms with Crippen molar-refractivity contribution >= 4 is 33.7 Å². The number of benzene rings is 2. The molecule has 1 aromatic heterocycles. The maximum absolute atomic E-state index is 2.23. The van der Waals surface area contributed by atoms with Gasteiger partial charge in [0.1, 0.15) is 11.7 Å². The summed E-state index contributed by atoms with van der Waals surface area (Å²) < 4.78 is 3.55. The van der Waals surface area contributed by atoms with E-state index in [4.69, 9.17) is 0 Å². The van der Waals surface area contributed by atoms with Crippen molar-refractivity contribution in [2.24, 2.45) is 7.05 Å². The summed E-state index contributed by atoms with van der Waals surface area (Å²) >= 11 is 1.81. The van der Waals surface area contributed by atoms with Gasteiger partial charge < -0.3 is 0 Å². The van der Waals surface area contributed by atoms with E-state index in [0.29, 0.717) is 0 Å². The summed E-state index contributed by atoms with van der Waals surface area (Å²) in [5, 5.41) is 1.25. The lowest BCUT2D eigenvalue weighted by Crippen LogP contribution is -2.28. The number of para-hydroxylation sites is 1. The summed E-state index contributed by atoms with van der Waals surface area (Å²) in [6.07, 6.45) is 8.45. The maximum Gasteiger partial charge on any atom is 0.262 e. The number of fused-ring (bicyclic) bond motifs is 1. The second kappa shape index (κ2) is 5.85. The Morgan fingerprint density at radius 1 is 0.850 bits per heavy atom. The van der Waals surface area contributed by atoms with Gasteiger partial charge >= 0.3 is 0 Å². The van der Waals surface area contributed by atoms with E-state index >= 15 is 0 Å². The molecule has 0 amide bonds. The molecular weight excluding hydrogens is 262 g/mol. The van der Waals surface area contributed by atoms with Gasteiger partial charge in [0.2, 0.25) is 5.52 Å². The molecule has 98 valence electrons. The Morgan fingerprint density at radius 3 is 2.35 bits per heavy atom. The molecule has 0 aliphatic heterocycles. The van der Waals surface area contributed by atoms with Crippen LogP contribution >= 0.6 is 11.3 Å². The molecule has 1 heterocycles. The number of hydrogen-bond donors (Lipinski definition) is 0. The minimum atomic E-state index is 1.22. The van der Waals surface area contributed by atoms with E-state index in [1.807, 2.05) is 17.4 Å². The summed E-state index contributed by atoms with van der Waals surface area (Å²) in [5.41, 5.74) is 2.50. The average molecular weight is 278 g/mol. The Morgan fingerprint density at radius 2 is 1.55 bits per heavy atom. The summed E-state index contributed by atoms with van der Waals surface area (Å²) in [5.74, 6) is 0. The van der Waals surface area contributed by atoms with Gasteiger partial charge in [0.25, 0.3) is 5.01 Å². The number of hydrogen-bond acceptors (Lipinski definition) is 1. The summed E-state index contributed by atoms with van der Waals surface area (Å²) in [6, 6.07) is 18.8. The standard InChI is InChI=1S/C18H16NS/c1-19-16-12-6-7-13-17(16)20-18(19)14-8-5-11-15-9-3-2-4-10-15/h2-14H,1H3/q+1. The average Bonchev–Trinajstić information content (AvgIpc) is 2.82. The molecule has 20 heavy (non-hydrogen) atoms. The van der Waals surface area contributed by atoms with Crippen molar-refractivity contribution in [1.29, 1.82) is 0 Å². The molecule has 2 heteroatoms. The lowest BCUT2D eigenvalue weighted by atomic mass is 10.2. The predicted molar refractivity (Wildman–Crippen MR) is 87.5 cm³/mol. The highest BCUT2D eigenvalue weighted by Crippen LogP contribution is 2.20. The van der Waals surface area contributed by atoms with Gasteiger partial charge in [-0.1, -0.05) is 72.0 Å². The quantitative estimate of drug-likeness (QED) is 0.492. The predicted octanol–water partition coefficient (Wildman–Crippen LogP) is 4.45. The zero-order chi connectivity index (χ0) is 13.8. The van der Waals surface area contributed by atoms with Crippen LogP contribution in [0.25, 0.3) is 22.4 Å². The fraction of sp³-hybridized carbons (Fsp3) is 0.0556. The molecule has 3 aromatic rings. The largest absolute Gasteiger partial charge is 0.262 e. The molecule has 0 bridgehead atoms. The first kappa shape index (κ1) is 12.8. The van der Waals surface area contributed by atoms with E-state index in [2.05, 4.69) is 84.4 Å². The van der Waals surface area contributed by atoms with Crippen LogP contribution in [0.3, 0.4) is 0 Å². The molecule has 0 N–H and O–H groups in total. The van der Waals surface area contributed by atoms with Gasteiger partial charge in [-0.2, -0.15) is 4.57 Å². The van der Waals surface area contributed by atoms with E-state index in [-0.39, 0.29) is 0 Å². The van der Waals surface area contributed by atoms with Gasteiger partial charge in [-0.05, 0) is 11.6 Å². The molecule has 0 atom stereocenters. The Balaban J connectivity index is 1.81. The maximum atomic E-state index is 2.23. The van der Waals surface area contributed by atoms with E-state index in [1.165, 1.54) is 20.8 Å². The van der Waals surface area contributed by atoms with Crippen LogP contribution in [-0.4, -0.2) is 0 Å². The molecule has 0 fully saturated rings. The number of rotatable bonds is 3. The molecule has 0 saturated carbocycles. The van der Waals surface area contributed by atoms with Gasteiger partial charge in [-0.25, -0.2) is 0 Å². The van der Waals surface area contributed by atoms with E-state index in [9.17, 15) is 0 Å². The van der Waals surface area contributed by atoms with Crippen molar-refractivity contribution in [3.8, 4) is 0 Å². The first-order valence-corrected chi connectivity index (χ1v) is 7.43. The molecule has 3 rings (SSSR count). The first-order valence-electron chi connectivity index (χ1n) is 6.62. The Hall–Kier alpha value is -2.19. The van der Waals surface area contributed by atoms with Crippen LogP contribution in [0.4, 0.5) is 0 Å². The van der Waals surface area contributed by atoms with E-state index < -0.39 is 0 Å². The topological polar surface area (TPSA) is 3.88 Å². The second-order valence-corrected chi connectivity index (χ2v) is 5.66. The van der Waals surface area contributed by atoms with Crippen LogP contribution in [0.1, 0.15) is 10.6 Å². The van der Waals surface area contributed by atoms with Crippen LogP contribution in [0.2, 0.25) is 0 Å². The van der Waals surface area contributed by atoms with Gasteiger partial charge in [0, 0.05) is 12.1 Å². The van der Waals surface area contributed by atoms with Crippen LogP contribution in [0, 0.1) is 0 Å². The highest BCUT2D eigenvalue weighted by Gasteiger charge is 2.12. The van der Waals surface area contributed by atoms with Gasteiger partial charge in [0.05, 0.1) is 0 Å². The van der Waals surface area contributed by atoms with E-state index in [1.54, 1.807) is 0 Å². The summed E-state index contributed by atoms with van der Waals surface area (Å²) in [7, 11) is 2.11. The third-order valence-electron chi connectivity index (χ3n) is 3.21. The molecule has 0 aliphatic rings. The van der Waals surface area contributed by atoms with E-state index in [0.717, 1.165) is 0 Å². The van der Waals surface area contributed by atoms with Gasteiger partial charge in [0.15, 0.2) is 0 Å². The highest BCUT2D eigenvalue weighted by molar-refractivity contribution is 7.18. The van der Waals surface area contributed by atoms with Crippen LogP contribution in [0.5, 0.6) is 0 Å². The summed E-state index contributed by atoms with van der Waals surface area (Å²) in [6.45, 7) is 0. The Kier molecular flexibility index (Phi) is 3.75. The number of nitrogens with zero attached hydrogens (tertiary/aromatic N) is 1. The zero-order valence-corrected chi connectivity index (χ0v) is 12.2. The van der Waals surface area contributed by atoms with Crippen LogP contribution < -0.4 is 4.57 Å². The van der Waals surface area contributed by atoms with Crippen molar-refractivity contribution < 1.29 is 4.57 Å². The smallest absolute Gasteiger partial charge is 0.185 e. The van der Waals surface area contributed by atoms with Crippen molar-refractivity contribution in [3.05, 3.63) is 77.3 Å². The fourth-order valence-corrected chi connectivity index (χ4v) is 3.20. The lowest BCUT2D eigenvalue weighted by Gasteiger charge is -1.88. The molecule has 1 nitrogen and oxygen atoms in total. The van der Waals surface area contributed by atoms with Gasteiger partial charge in [-0.3, -0.25) is 0 Å². The molecule has 0 aliphatic carbocycles. The van der Waals surface area contributed by atoms with Crippen molar-refractivity contribution in [3.63, 3.8) is 0 Å². The zero-order valence-electron chi connectivity index (χ0n) is 11.4. The molecule has 0 spiro atoms. The highest BCUT2D eigenvalue weighted by atomic mass is 32.1.